The highest BCUT2D eigenvalue weighted by Crippen LogP contribution is 2.33. The molecule has 7 nitrogen and oxygen atoms in total. The third kappa shape index (κ3) is 6.19. The van der Waals surface area contributed by atoms with Gasteiger partial charge in [0.25, 0.3) is 0 Å². The van der Waals surface area contributed by atoms with Crippen molar-refractivity contribution in [1.82, 2.24) is 4.90 Å². The smallest absolute Gasteiger partial charge is 0.410 e. The van der Waals surface area contributed by atoms with Crippen LogP contribution in [-0.4, -0.2) is 61.6 Å². The van der Waals surface area contributed by atoms with E-state index in [0.29, 0.717) is 24.5 Å². The molecule has 0 unspecified atom stereocenters. The monoisotopic (exact) mass is 393 g/mol. The van der Waals surface area contributed by atoms with E-state index in [2.05, 4.69) is 4.90 Å². The van der Waals surface area contributed by atoms with Gasteiger partial charge in [0.05, 0.1) is 12.8 Å². The van der Waals surface area contributed by atoms with E-state index in [1.807, 2.05) is 32.9 Å². The molecule has 0 aliphatic carbocycles. The molecule has 158 valence electrons. The highest BCUT2D eigenvalue weighted by molar-refractivity contribution is 5.70. The number of hydrogen-bond acceptors (Lipinski definition) is 6. The van der Waals surface area contributed by atoms with Crippen molar-refractivity contribution >= 4 is 17.5 Å². The molecule has 0 radical (unpaired) electrons. The number of carbonyl (C=O) groups excluding carboxylic acids is 1. The minimum absolute atomic E-state index is 0.226. The lowest BCUT2D eigenvalue weighted by Crippen LogP contribution is -2.50. The van der Waals surface area contributed by atoms with E-state index < -0.39 is 5.60 Å². The summed E-state index contributed by atoms with van der Waals surface area (Å²) in [5.74, 6) is 0.670. The van der Waals surface area contributed by atoms with E-state index in [1.54, 1.807) is 12.0 Å². The number of hydrogen-bond donors (Lipinski definition) is 2. The summed E-state index contributed by atoms with van der Waals surface area (Å²) >= 11 is 0. The Labute approximate surface area is 168 Å². The van der Waals surface area contributed by atoms with Gasteiger partial charge in [0, 0.05) is 44.5 Å². The number of anilines is 2. The summed E-state index contributed by atoms with van der Waals surface area (Å²) in [5, 5.41) is 8.99. The molecule has 0 saturated carbocycles. The number of nitrogens with zero attached hydrogens (tertiary/aromatic N) is 2. The van der Waals surface area contributed by atoms with Gasteiger partial charge in [-0.15, -0.1) is 0 Å². The van der Waals surface area contributed by atoms with Crippen molar-refractivity contribution in [3.05, 3.63) is 17.7 Å². The zero-order valence-corrected chi connectivity index (χ0v) is 17.7. The topological polar surface area (TPSA) is 88.3 Å². The van der Waals surface area contributed by atoms with Gasteiger partial charge in [0.15, 0.2) is 0 Å². The first-order valence-electron chi connectivity index (χ1n) is 10.1. The van der Waals surface area contributed by atoms with E-state index in [1.165, 1.54) is 5.56 Å². The molecule has 7 heteroatoms. The molecular formula is C21H35N3O4. The molecule has 1 aliphatic heterocycles. The Morgan fingerprint density at radius 3 is 2.39 bits per heavy atom. The molecule has 1 saturated heterocycles. The van der Waals surface area contributed by atoms with Gasteiger partial charge in [-0.05, 0) is 51.7 Å². The number of amides is 1. The van der Waals surface area contributed by atoms with Gasteiger partial charge < -0.3 is 30.1 Å². The van der Waals surface area contributed by atoms with Crippen molar-refractivity contribution in [2.75, 3.05) is 50.5 Å². The van der Waals surface area contributed by atoms with E-state index in [0.717, 1.165) is 44.5 Å². The van der Waals surface area contributed by atoms with Gasteiger partial charge in [0.1, 0.15) is 11.4 Å². The first-order chi connectivity index (χ1) is 13.2. The van der Waals surface area contributed by atoms with Gasteiger partial charge in [-0.2, -0.15) is 0 Å². The van der Waals surface area contributed by atoms with Crippen LogP contribution in [0, 0.1) is 0 Å². The molecule has 1 amide bonds. The van der Waals surface area contributed by atoms with E-state index in [-0.39, 0.29) is 12.7 Å². The molecule has 1 fully saturated rings. The van der Waals surface area contributed by atoms with Crippen LogP contribution in [-0.2, 0) is 11.2 Å². The minimum atomic E-state index is -0.486. The Morgan fingerprint density at radius 2 is 1.82 bits per heavy atom. The fraction of sp³-hybridized carbons (Fsp3) is 0.667. The second-order valence-electron chi connectivity index (χ2n) is 8.21. The van der Waals surface area contributed by atoms with Crippen molar-refractivity contribution < 1.29 is 19.4 Å². The summed E-state index contributed by atoms with van der Waals surface area (Å²) in [6.07, 6.45) is 3.43. The van der Waals surface area contributed by atoms with Crippen molar-refractivity contribution in [3.8, 4) is 5.75 Å². The largest absolute Gasteiger partial charge is 0.495 e. The van der Waals surface area contributed by atoms with Crippen molar-refractivity contribution in [2.45, 2.75) is 52.1 Å². The molecule has 0 aromatic heterocycles. The summed E-state index contributed by atoms with van der Waals surface area (Å²) in [4.78, 5) is 16.3. The number of methoxy groups -OCH3 is 1. The number of benzene rings is 1. The predicted molar refractivity (Wildman–Crippen MR) is 112 cm³/mol. The highest BCUT2D eigenvalue weighted by Gasteiger charge is 2.27. The Morgan fingerprint density at radius 1 is 1.14 bits per heavy atom. The normalized spacial score (nSPS) is 14.9. The second-order valence-corrected chi connectivity index (χ2v) is 8.21. The lowest BCUT2D eigenvalue weighted by atomic mass is 10.0. The number of aliphatic hydroxyl groups is 1. The maximum Gasteiger partial charge on any atom is 0.410 e. The van der Waals surface area contributed by atoms with Crippen LogP contribution in [0.15, 0.2) is 12.1 Å². The SMILES string of the molecule is COc1cc(N2CCN(C(=O)OC(C)(C)C)CC2)c(CCCCCO)cc1N. The van der Waals surface area contributed by atoms with Gasteiger partial charge in [-0.1, -0.05) is 6.42 Å². The van der Waals surface area contributed by atoms with E-state index >= 15 is 0 Å². The van der Waals surface area contributed by atoms with Crippen LogP contribution in [0.3, 0.4) is 0 Å². The fourth-order valence-electron chi connectivity index (χ4n) is 3.36. The first-order valence-corrected chi connectivity index (χ1v) is 10.1. The number of aryl methyl sites for hydroxylation is 1. The summed E-state index contributed by atoms with van der Waals surface area (Å²) in [6, 6.07) is 3.99. The number of ether oxygens (including phenoxy) is 2. The van der Waals surface area contributed by atoms with Crippen molar-refractivity contribution in [3.63, 3.8) is 0 Å². The first kappa shape index (κ1) is 22.1. The molecule has 0 bridgehead atoms. The summed E-state index contributed by atoms with van der Waals surface area (Å²) in [6.45, 7) is 8.56. The lowest BCUT2D eigenvalue weighted by molar-refractivity contribution is 0.0240. The average molecular weight is 394 g/mol. The Kier molecular flexibility index (Phi) is 7.80. The Balaban J connectivity index is 2.08. The van der Waals surface area contributed by atoms with E-state index in [9.17, 15) is 4.79 Å². The molecule has 1 aromatic carbocycles. The third-order valence-corrected chi connectivity index (χ3v) is 4.81. The lowest BCUT2D eigenvalue weighted by Gasteiger charge is -2.37. The Hall–Kier alpha value is -2.15. The van der Waals surface area contributed by atoms with Gasteiger partial charge in [-0.3, -0.25) is 0 Å². The van der Waals surface area contributed by atoms with Gasteiger partial charge >= 0.3 is 6.09 Å². The predicted octanol–water partition coefficient (Wildman–Crippen LogP) is 3.04. The zero-order valence-electron chi connectivity index (χ0n) is 17.7. The minimum Gasteiger partial charge on any atom is -0.495 e. The summed E-state index contributed by atoms with van der Waals surface area (Å²) in [5.41, 5.74) is 8.57. The second kappa shape index (κ2) is 9.87. The standard InChI is InChI=1S/C21H35N3O4/c1-21(2,3)28-20(26)24-11-9-23(10-12-24)18-15-19(27-4)17(22)14-16(18)8-6-5-7-13-25/h14-15,25H,5-13,22H2,1-4H3. The Bertz CT molecular complexity index is 650. The molecule has 0 atom stereocenters. The van der Waals surface area contributed by atoms with Crippen LogP contribution >= 0.6 is 0 Å². The summed E-state index contributed by atoms with van der Waals surface area (Å²) in [7, 11) is 1.62. The molecule has 1 aromatic rings. The van der Waals surface area contributed by atoms with Crippen LogP contribution < -0.4 is 15.4 Å². The number of unbranched alkanes of at least 4 members (excludes halogenated alkanes) is 2. The fourth-order valence-corrected chi connectivity index (χ4v) is 3.36. The van der Waals surface area contributed by atoms with E-state index in [4.69, 9.17) is 20.3 Å². The maximum absolute atomic E-state index is 12.3. The molecule has 1 aliphatic rings. The zero-order chi connectivity index (χ0) is 20.7. The quantitative estimate of drug-likeness (QED) is 0.547. The van der Waals surface area contributed by atoms with Crippen molar-refractivity contribution in [2.24, 2.45) is 0 Å². The summed E-state index contributed by atoms with van der Waals surface area (Å²) < 4.78 is 10.9. The highest BCUT2D eigenvalue weighted by atomic mass is 16.6. The molecule has 28 heavy (non-hydrogen) atoms. The van der Waals surface area contributed by atoms with Crippen LogP contribution in [0.1, 0.15) is 45.6 Å². The number of nitrogens with two attached hydrogens (primary N) is 1. The third-order valence-electron chi connectivity index (χ3n) is 4.81. The average Bonchev–Trinajstić information content (AvgIpc) is 2.64. The van der Waals surface area contributed by atoms with Crippen molar-refractivity contribution in [1.29, 1.82) is 0 Å². The number of nitrogen functional groups attached to an aromatic ring is 1. The van der Waals surface area contributed by atoms with Crippen LogP contribution in [0.5, 0.6) is 5.75 Å². The molecule has 0 spiro atoms. The van der Waals surface area contributed by atoms with Crippen LogP contribution in [0.25, 0.3) is 0 Å². The maximum atomic E-state index is 12.3. The molecule has 1 heterocycles. The number of piperazine rings is 1. The molecule has 2 rings (SSSR count). The molecule has 3 N–H and O–H groups in total. The number of carbonyl (C=O) groups is 1. The van der Waals surface area contributed by atoms with Crippen LogP contribution in [0.4, 0.5) is 16.2 Å². The number of aliphatic hydroxyl groups excluding tert-OH is 1. The number of rotatable bonds is 7. The van der Waals surface area contributed by atoms with Gasteiger partial charge in [0.2, 0.25) is 0 Å². The van der Waals surface area contributed by atoms with Crippen LogP contribution in [0.2, 0.25) is 0 Å². The van der Waals surface area contributed by atoms with Gasteiger partial charge in [-0.25, -0.2) is 4.79 Å². The molecular weight excluding hydrogens is 358 g/mol.